The molecule has 1 heterocycles. The summed E-state index contributed by atoms with van der Waals surface area (Å²) in [7, 11) is 0. The number of para-hydroxylation sites is 2. The minimum Gasteiger partial charge on any atom is -0.324 e. The number of fused-ring (bicyclic) bond motifs is 1. The Hall–Kier alpha value is -2.04. The number of hydrogen-bond donors (Lipinski definition) is 1. The number of amides is 2. The van der Waals surface area contributed by atoms with Crippen LogP contribution < -0.4 is 10.2 Å². The van der Waals surface area contributed by atoms with E-state index in [0.29, 0.717) is 22.0 Å². The predicted octanol–water partition coefficient (Wildman–Crippen LogP) is 4.37. The van der Waals surface area contributed by atoms with Crippen molar-refractivity contribution in [1.82, 2.24) is 0 Å². The second-order valence-electron chi connectivity index (χ2n) is 5.42. The van der Waals surface area contributed by atoms with Crippen LogP contribution in [-0.2, 0) is 4.79 Å². The Morgan fingerprint density at radius 3 is 2.70 bits per heavy atom. The van der Waals surface area contributed by atoms with Gasteiger partial charge in [0.25, 0.3) is 5.91 Å². The van der Waals surface area contributed by atoms with Crippen LogP contribution >= 0.6 is 23.2 Å². The Kier molecular flexibility index (Phi) is 4.28. The van der Waals surface area contributed by atoms with Gasteiger partial charge in [-0.25, -0.2) is 0 Å². The van der Waals surface area contributed by atoms with Crippen LogP contribution in [0, 0.1) is 0 Å². The van der Waals surface area contributed by atoms with Gasteiger partial charge in [0.2, 0.25) is 5.91 Å². The van der Waals surface area contributed by atoms with Crippen LogP contribution in [0.5, 0.6) is 0 Å². The predicted molar refractivity (Wildman–Crippen MR) is 92.4 cm³/mol. The van der Waals surface area contributed by atoms with E-state index in [1.54, 1.807) is 29.2 Å². The first-order valence-corrected chi connectivity index (χ1v) is 7.90. The number of benzene rings is 2. The lowest BCUT2D eigenvalue weighted by atomic mass is 10.1. The van der Waals surface area contributed by atoms with Crippen molar-refractivity contribution >= 4 is 46.4 Å². The molecular weight excluding hydrogens is 335 g/mol. The molecule has 0 spiro atoms. The number of carbonyl (C=O) groups is 2. The molecule has 0 radical (unpaired) electrons. The minimum atomic E-state index is -0.294. The van der Waals surface area contributed by atoms with E-state index in [1.165, 1.54) is 6.07 Å². The molecule has 0 saturated heterocycles. The normalized spacial score (nSPS) is 17.3. The SMILES string of the molecule is C[C@@H]1CC(=O)Nc2ccccc2N1C(=O)c1ccc(Cl)cc1Cl. The van der Waals surface area contributed by atoms with E-state index in [9.17, 15) is 9.59 Å². The van der Waals surface area contributed by atoms with Crippen molar-refractivity contribution in [2.75, 3.05) is 10.2 Å². The number of carbonyl (C=O) groups excluding carboxylic acids is 2. The maximum absolute atomic E-state index is 13.0. The molecule has 2 amide bonds. The molecule has 0 fully saturated rings. The molecule has 4 nitrogen and oxygen atoms in total. The minimum absolute atomic E-state index is 0.123. The van der Waals surface area contributed by atoms with Crippen molar-refractivity contribution in [2.24, 2.45) is 0 Å². The lowest BCUT2D eigenvalue weighted by Gasteiger charge is -2.28. The molecule has 1 aliphatic heterocycles. The summed E-state index contributed by atoms with van der Waals surface area (Å²) >= 11 is 12.1. The van der Waals surface area contributed by atoms with Crippen molar-refractivity contribution in [3.63, 3.8) is 0 Å². The highest BCUT2D eigenvalue weighted by Gasteiger charge is 2.31. The summed E-state index contributed by atoms with van der Waals surface area (Å²) in [6.07, 6.45) is 0.214. The molecule has 1 aliphatic rings. The van der Waals surface area contributed by atoms with Crippen molar-refractivity contribution in [3.05, 3.63) is 58.1 Å². The fourth-order valence-electron chi connectivity index (χ4n) is 2.69. The van der Waals surface area contributed by atoms with E-state index in [2.05, 4.69) is 5.32 Å². The van der Waals surface area contributed by atoms with Gasteiger partial charge < -0.3 is 10.2 Å². The summed E-state index contributed by atoms with van der Waals surface area (Å²) in [6.45, 7) is 1.84. The zero-order valence-electron chi connectivity index (χ0n) is 12.3. The van der Waals surface area contributed by atoms with Gasteiger partial charge in [-0.1, -0.05) is 35.3 Å². The average molecular weight is 349 g/mol. The smallest absolute Gasteiger partial charge is 0.260 e. The quantitative estimate of drug-likeness (QED) is 0.831. The monoisotopic (exact) mass is 348 g/mol. The van der Waals surface area contributed by atoms with Crippen LogP contribution in [0.2, 0.25) is 10.0 Å². The molecule has 6 heteroatoms. The second kappa shape index (κ2) is 6.22. The first-order valence-electron chi connectivity index (χ1n) is 7.15. The number of nitrogens with zero attached hydrogens (tertiary/aromatic N) is 1. The summed E-state index contributed by atoms with van der Waals surface area (Å²) in [4.78, 5) is 26.6. The standard InChI is InChI=1S/C17H14Cl2N2O2/c1-10-8-16(22)20-14-4-2-3-5-15(14)21(10)17(23)12-7-6-11(18)9-13(12)19/h2-7,9-10H,8H2,1H3,(H,20,22)/t10-/m1/s1. The third kappa shape index (κ3) is 3.05. The van der Waals surface area contributed by atoms with E-state index in [0.717, 1.165) is 0 Å². The van der Waals surface area contributed by atoms with Gasteiger partial charge in [-0.3, -0.25) is 9.59 Å². The number of rotatable bonds is 1. The van der Waals surface area contributed by atoms with E-state index in [1.807, 2.05) is 19.1 Å². The van der Waals surface area contributed by atoms with Gasteiger partial charge >= 0.3 is 0 Å². The first-order chi connectivity index (χ1) is 11.0. The second-order valence-corrected chi connectivity index (χ2v) is 6.26. The highest BCUT2D eigenvalue weighted by Crippen LogP contribution is 2.33. The number of halogens is 2. The summed E-state index contributed by atoms with van der Waals surface area (Å²) in [6, 6.07) is 11.7. The maximum Gasteiger partial charge on any atom is 0.260 e. The summed E-state index contributed by atoms with van der Waals surface area (Å²) < 4.78 is 0. The lowest BCUT2D eigenvalue weighted by molar-refractivity contribution is -0.116. The molecule has 0 unspecified atom stereocenters. The molecule has 3 rings (SSSR count). The van der Waals surface area contributed by atoms with E-state index in [4.69, 9.17) is 23.2 Å². The van der Waals surface area contributed by atoms with Crippen molar-refractivity contribution in [1.29, 1.82) is 0 Å². The Bertz CT molecular complexity index is 792. The zero-order chi connectivity index (χ0) is 16.6. The lowest BCUT2D eigenvalue weighted by Crippen LogP contribution is -2.39. The van der Waals surface area contributed by atoms with Crippen LogP contribution in [0.4, 0.5) is 11.4 Å². The first kappa shape index (κ1) is 15.8. The molecule has 1 N–H and O–H groups in total. The largest absolute Gasteiger partial charge is 0.324 e. The Morgan fingerprint density at radius 2 is 1.96 bits per heavy atom. The van der Waals surface area contributed by atoms with Gasteiger partial charge in [0, 0.05) is 17.5 Å². The molecule has 0 bridgehead atoms. The highest BCUT2D eigenvalue weighted by molar-refractivity contribution is 6.37. The van der Waals surface area contributed by atoms with Crippen LogP contribution in [0.1, 0.15) is 23.7 Å². The van der Waals surface area contributed by atoms with E-state index < -0.39 is 0 Å². The summed E-state index contributed by atoms with van der Waals surface area (Å²) in [5, 5.41) is 3.58. The van der Waals surface area contributed by atoms with Crippen molar-refractivity contribution in [3.8, 4) is 0 Å². The molecular formula is C17H14Cl2N2O2. The van der Waals surface area contributed by atoms with Crippen LogP contribution in [0.15, 0.2) is 42.5 Å². The third-order valence-corrected chi connectivity index (χ3v) is 4.29. The Morgan fingerprint density at radius 1 is 1.22 bits per heavy atom. The van der Waals surface area contributed by atoms with Crippen LogP contribution in [-0.4, -0.2) is 17.9 Å². The van der Waals surface area contributed by atoms with Crippen LogP contribution in [0.25, 0.3) is 0 Å². The molecule has 2 aromatic rings. The third-order valence-electron chi connectivity index (χ3n) is 3.74. The fraction of sp³-hybridized carbons (Fsp3) is 0.176. The molecule has 0 saturated carbocycles. The van der Waals surface area contributed by atoms with E-state index in [-0.39, 0.29) is 29.3 Å². The van der Waals surface area contributed by atoms with Gasteiger partial charge in [-0.2, -0.15) is 0 Å². The molecule has 0 aliphatic carbocycles. The van der Waals surface area contributed by atoms with Gasteiger partial charge in [-0.05, 0) is 37.3 Å². The van der Waals surface area contributed by atoms with Gasteiger partial charge in [0.15, 0.2) is 0 Å². The fourth-order valence-corrected chi connectivity index (χ4v) is 3.18. The summed E-state index contributed by atoms with van der Waals surface area (Å²) in [5.74, 6) is -0.384. The Balaban J connectivity index is 2.09. The number of nitrogens with one attached hydrogen (secondary N) is 1. The van der Waals surface area contributed by atoms with Crippen LogP contribution in [0.3, 0.4) is 0 Å². The maximum atomic E-state index is 13.0. The Labute approximate surface area is 144 Å². The highest BCUT2D eigenvalue weighted by atomic mass is 35.5. The molecule has 2 aromatic carbocycles. The summed E-state index contributed by atoms with van der Waals surface area (Å²) in [5.41, 5.74) is 1.62. The topological polar surface area (TPSA) is 49.4 Å². The number of anilines is 2. The van der Waals surface area contributed by atoms with Gasteiger partial charge in [-0.15, -0.1) is 0 Å². The molecule has 118 valence electrons. The van der Waals surface area contributed by atoms with Crippen molar-refractivity contribution in [2.45, 2.75) is 19.4 Å². The number of hydrogen-bond acceptors (Lipinski definition) is 2. The zero-order valence-corrected chi connectivity index (χ0v) is 13.9. The van der Waals surface area contributed by atoms with Gasteiger partial charge in [0.05, 0.1) is 22.0 Å². The van der Waals surface area contributed by atoms with Gasteiger partial charge in [0.1, 0.15) is 0 Å². The van der Waals surface area contributed by atoms with E-state index >= 15 is 0 Å². The molecule has 0 aromatic heterocycles. The van der Waals surface area contributed by atoms with Crippen molar-refractivity contribution < 1.29 is 9.59 Å². The molecule has 1 atom stereocenters. The average Bonchev–Trinajstić information content (AvgIpc) is 2.61. The molecule has 23 heavy (non-hydrogen) atoms.